The molecule has 0 radical (unpaired) electrons. The van der Waals surface area contributed by atoms with Crippen molar-refractivity contribution in [3.05, 3.63) is 68.2 Å². The van der Waals surface area contributed by atoms with Gasteiger partial charge in [-0.05, 0) is 43.8 Å². The first-order valence-corrected chi connectivity index (χ1v) is 8.81. The summed E-state index contributed by atoms with van der Waals surface area (Å²) < 4.78 is 5.37. The van der Waals surface area contributed by atoms with Crippen molar-refractivity contribution in [2.45, 2.75) is 39.9 Å². The number of hydrogen-bond acceptors (Lipinski definition) is 3. The van der Waals surface area contributed by atoms with Gasteiger partial charge >= 0.3 is 5.63 Å². The van der Waals surface area contributed by atoms with Gasteiger partial charge in [0, 0.05) is 17.0 Å². The molecular weight excluding hydrogens is 306 g/mol. The van der Waals surface area contributed by atoms with Gasteiger partial charge in [-0.1, -0.05) is 18.2 Å². The van der Waals surface area contributed by atoms with Gasteiger partial charge in [0.2, 0.25) is 0 Å². The van der Waals surface area contributed by atoms with Crippen molar-refractivity contribution in [3.63, 3.8) is 0 Å². The fraction of sp³-hybridized carbons (Fsp3) is 0.316. The molecule has 3 nitrogen and oxygen atoms in total. The molecule has 0 bridgehead atoms. The standard InChI is InChI=1S/C19H21NO2S/c1-13(2)20(12-16-5-4-8-23-16)11-15-10-19(21)22-18-9-14(3)6-7-17(15)18/h4-10,13H,11-12H2,1-3H3/p+1. The molecule has 2 heterocycles. The van der Waals surface area contributed by atoms with Crippen LogP contribution in [0, 0.1) is 6.92 Å². The number of quaternary nitrogens is 1. The van der Waals surface area contributed by atoms with E-state index < -0.39 is 0 Å². The molecule has 1 unspecified atom stereocenters. The lowest BCUT2D eigenvalue weighted by atomic mass is 10.1. The van der Waals surface area contributed by atoms with E-state index in [2.05, 4.69) is 43.5 Å². The third-order valence-corrected chi connectivity index (χ3v) is 5.08. The number of rotatable bonds is 5. The van der Waals surface area contributed by atoms with Gasteiger partial charge in [0.15, 0.2) is 0 Å². The lowest BCUT2D eigenvalue weighted by Crippen LogP contribution is -3.12. The number of nitrogens with one attached hydrogen (secondary N) is 1. The Morgan fingerprint density at radius 3 is 2.70 bits per heavy atom. The Morgan fingerprint density at radius 1 is 1.17 bits per heavy atom. The molecule has 0 saturated heterocycles. The molecule has 0 aliphatic rings. The highest BCUT2D eigenvalue weighted by molar-refractivity contribution is 7.09. The highest BCUT2D eigenvalue weighted by Crippen LogP contribution is 2.18. The average Bonchev–Trinajstić information content (AvgIpc) is 2.98. The molecular formula is C19H22NO2S+. The molecule has 1 aromatic carbocycles. The van der Waals surface area contributed by atoms with Crippen molar-refractivity contribution in [2.24, 2.45) is 0 Å². The first kappa shape index (κ1) is 16.0. The zero-order valence-corrected chi connectivity index (χ0v) is 14.6. The lowest BCUT2D eigenvalue weighted by molar-refractivity contribution is -0.947. The molecule has 0 aliphatic carbocycles. The smallest absolute Gasteiger partial charge is 0.336 e. The summed E-state index contributed by atoms with van der Waals surface area (Å²) in [7, 11) is 0. The first-order chi connectivity index (χ1) is 11.0. The van der Waals surface area contributed by atoms with E-state index in [0.717, 1.165) is 29.6 Å². The van der Waals surface area contributed by atoms with Crippen LogP contribution in [0.5, 0.6) is 0 Å². The minimum atomic E-state index is -0.266. The number of benzene rings is 1. The van der Waals surface area contributed by atoms with Crippen molar-refractivity contribution < 1.29 is 9.32 Å². The Labute approximate surface area is 140 Å². The van der Waals surface area contributed by atoms with E-state index >= 15 is 0 Å². The number of fused-ring (bicyclic) bond motifs is 1. The van der Waals surface area contributed by atoms with Crippen molar-refractivity contribution in [2.75, 3.05) is 0 Å². The summed E-state index contributed by atoms with van der Waals surface area (Å²) in [5.74, 6) is 0. The predicted octanol–water partition coefficient (Wildman–Crippen LogP) is 3.16. The SMILES string of the molecule is Cc1ccc2c(C[NH+](Cc3cccs3)C(C)C)cc(=O)oc2c1. The molecule has 0 fully saturated rings. The van der Waals surface area contributed by atoms with Gasteiger partial charge in [-0.2, -0.15) is 0 Å². The van der Waals surface area contributed by atoms with Gasteiger partial charge in [0.1, 0.15) is 18.7 Å². The molecule has 2 aromatic heterocycles. The summed E-state index contributed by atoms with van der Waals surface area (Å²) in [6, 6.07) is 12.5. The van der Waals surface area contributed by atoms with Gasteiger partial charge in [-0.3, -0.25) is 0 Å². The summed E-state index contributed by atoms with van der Waals surface area (Å²) in [4.78, 5) is 14.7. The maximum atomic E-state index is 11.9. The topological polar surface area (TPSA) is 34.7 Å². The van der Waals surface area contributed by atoms with E-state index in [1.165, 1.54) is 9.78 Å². The van der Waals surface area contributed by atoms with Crippen molar-refractivity contribution in [1.82, 2.24) is 0 Å². The van der Waals surface area contributed by atoms with Gasteiger partial charge < -0.3 is 9.32 Å². The van der Waals surface area contributed by atoms with Crippen LogP contribution in [0.25, 0.3) is 11.0 Å². The van der Waals surface area contributed by atoms with E-state index in [1.54, 1.807) is 17.4 Å². The molecule has 23 heavy (non-hydrogen) atoms. The van der Waals surface area contributed by atoms with Gasteiger partial charge in [0.05, 0.1) is 10.9 Å². The maximum Gasteiger partial charge on any atom is 0.336 e. The van der Waals surface area contributed by atoms with Crippen LogP contribution in [0.1, 0.15) is 29.9 Å². The Hall–Kier alpha value is -1.91. The largest absolute Gasteiger partial charge is 0.423 e. The molecule has 120 valence electrons. The molecule has 0 saturated carbocycles. The molecule has 1 atom stereocenters. The van der Waals surface area contributed by atoms with Crippen LogP contribution in [0.3, 0.4) is 0 Å². The third-order valence-electron chi connectivity index (χ3n) is 4.20. The van der Waals surface area contributed by atoms with Crippen molar-refractivity contribution in [1.29, 1.82) is 0 Å². The molecule has 3 aromatic rings. The van der Waals surface area contributed by atoms with Crippen LogP contribution in [0.15, 0.2) is 51.0 Å². The highest BCUT2D eigenvalue weighted by atomic mass is 32.1. The minimum Gasteiger partial charge on any atom is -0.423 e. The Morgan fingerprint density at radius 2 is 2.00 bits per heavy atom. The summed E-state index contributed by atoms with van der Waals surface area (Å²) in [6.45, 7) is 8.25. The minimum absolute atomic E-state index is 0.266. The normalized spacial score (nSPS) is 12.9. The fourth-order valence-corrected chi connectivity index (χ4v) is 3.59. The molecule has 1 N–H and O–H groups in total. The highest BCUT2D eigenvalue weighted by Gasteiger charge is 2.18. The van der Waals surface area contributed by atoms with Crippen molar-refractivity contribution in [3.8, 4) is 0 Å². The van der Waals surface area contributed by atoms with E-state index in [9.17, 15) is 4.79 Å². The van der Waals surface area contributed by atoms with E-state index in [1.807, 2.05) is 13.0 Å². The van der Waals surface area contributed by atoms with Crippen LogP contribution in [-0.4, -0.2) is 6.04 Å². The molecule has 4 heteroatoms. The lowest BCUT2D eigenvalue weighted by Gasteiger charge is -2.23. The number of hydrogen-bond donors (Lipinski definition) is 1. The quantitative estimate of drug-likeness (QED) is 0.730. The second-order valence-electron chi connectivity index (χ2n) is 6.34. The molecule has 3 rings (SSSR count). The second kappa shape index (κ2) is 6.69. The van der Waals surface area contributed by atoms with Crippen LogP contribution in [-0.2, 0) is 13.1 Å². The summed E-state index contributed by atoms with van der Waals surface area (Å²) in [5.41, 5.74) is 2.59. The van der Waals surface area contributed by atoms with Crippen LogP contribution in [0.2, 0.25) is 0 Å². The molecule has 0 spiro atoms. The van der Waals surface area contributed by atoms with E-state index in [0.29, 0.717) is 11.6 Å². The number of aryl methyl sites for hydroxylation is 1. The van der Waals surface area contributed by atoms with Gasteiger partial charge in [-0.25, -0.2) is 4.79 Å². The van der Waals surface area contributed by atoms with E-state index in [-0.39, 0.29) is 5.63 Å². The average molecular weight is 328 g/mol. The van der Waals surface area contributed by atoms with Gasteiger partial charge in [0.25, 0.3) is 0 Å². The van der Waals surface area contributed by atoms with Gasteiger partial charge in [-0.15, -0.1) is 11.3 Å². The van der Waals surface area contributed by atoms with Crippen LogP contribution >= 0.6 is 11.3 Å². The first-order valence-electron chi connectivity index (χ1n) is 7.93. The Bertz CT molecular complexity index is 849. The summed E-state index contributed by atoms with van der Waals surface area (Å²) in [5, 5.41) is 3.15. The maximum absolute atomic E-state index is 11.9. The summed E-state index contributed by atoms with van der Waals surface area (Å²) >= 11 is 1.79. The Balaban J connectivity index is 1.96. The van der Waals surface area contributed by atoms with Crippen molar-refractivity contribution >= 4 is 22.3 Å². The monoisotopic (exact) mass is 328 g/mol. The zero-order valence-electron chi connectivity index (χ0n) is 13.8. The zero-order chi connectivity index (χ0) is 16.4. The van der Waals surface area contributed by atoms with Crippen LogP contribution < -0.4 is 10.5 Å². The Kier molecular flexibility index (Phi) is 4.64. The molecule has 0 amide bonds. The second-order valence-corrected chi connectivity index (χ2v) is 7.37. The van der Waals surface area contributed by atoms with Crippen LogP contribution in [0.4, 0.5) is 0 Å². The third kappa shape index (κ3) is 3.71. The molecule has 0 aliphatic heterocycles. The van der Waals surface area contributed by atoms with E-state index in [4.69, 9.17) is 4.42 Å². The fourth-order valence-electron chi connectivity index (χ4n) is 2.84. The number of thiophene rings is 1. The predicted molar refractivity (Wildman–Crippen MR) is 95.0 cm³/mol. The summed E-state index contributed by atoms with van der Waals surface area (Å²) in [6.07, 6.45) is 0.